The van der Waals surface area contributed by atoms with Crippen LogP contribution in [0.2, 0.25) is 0 Å². The van der Waals surface area contributed by atoms with Crippen molar-refractivity contribution in [1.82, 2.24) is 19.4 Å². The van der Waals surface area contributed by atoms with Gasteiger partial charge in [-0.25, -0.2) is 4.98 Å². The van der Waals surface area contributed by atoms with Gasteiger partial charge in [0.2, 0.25) is 5.91 Å². The van der Waals surface area contributed by atoms with E-state index in [0.717, 1.165) is 5.56 Å². The number of benzene rings is 1. The van der Waals surface area contributed by atoms with Gasteiger partial charge in [-0.15, -0.1) is 0 Å². The molecule has 3 rings (SSSR count). The monoisotopic (exact) mass is 308 g/mol. The Hall–Kier alpha value is -3.02. The molecule has 6 nitrogen and oxygen atoms in total. The lowest BCUT2D eigenvalue weighted by Gasteiger charge is -2.17. The van der Waals surface area contributed by atoms with Crippen molar-refractivity contribution in [2.24, 2.45) is 0 Å². The van der Waals surface area contributed by atoms with Crippen molar-refractivity contribution >= 4 is 16.8 Å². The third-order valence-corrected chi connectivity index (χ3v) is 3.63. The summed E-state index contributed by atoms with van der Waals surface area (Å²) in [6.45, 7) is 0.440. The smallest absolute Gasteiger partial charge is 0.261 e. The molecule has 3 aromatic rings. The van der Waals surface area contributed by atoms with E-state index in [-0.39, 0.29) is 18.0 Å². The molecule has 0 radical (unpaired) electrons. The van der Waals surface area contributed by atoms with Crippen molar-refractivity contribution in [3.05, 3.63) is 71.0 Å². The van der Waals surface area contributed by atoms with Gasteiger partial charge < -0.3 is 4.90 Å². The van der Waals surface area contributed by atoms with E-state index in [4.69, 9.17) is 0 Å². The average Bonchev–Trinajstić information content (AvgIpc) is 2.58. The van der Waals surface area contributed by atoms with E-state index in [2.05, 4.69) is 9.97 Å². The average molecular weight is 308 g/mol. The number of carbonyl (C=O) groups excluding carboxylic acids is 1. The molecule has 0 saturated heterocycles. The standard InChI is InChI=1S/C17H16N4O2/c1-20(10-13-6-8-18-9-7-13)16(22)11-21-12-19-15-5-3-2-4-14(15)17(21)23/h2-9,12H,10-11H2,1H3. The lowest BCUT2D eigenvalue weighted by Crippen LogP contribution is -2.33. The van der Waals surface area contributed by atoms with Crippen LogP contribution in [0.3, 0.4) is 0 Å². The largest absolute Gasteiger partial charge is 0.340 e. The van der Waals surface area contributed by atoms with Crippen molar-refractivity contribution in [3.8, 4) is 0 Å². The van der Waals surface area contributed by atoms with Crippen molar-refractivity contribution in [1.29, 1.82) is 0 Å². The lowest BCUT2D eigenvalue weighted by atomic mass is 10.2. The Balaban J connectivity index is 1.77. The van der Waals surface area contributed by atoms with Crippen LogP contribution in [-0.2, 0) is 17.9 Å². The zero-order valence-electron chi connectivity index (χ0n) is 12.7. The second-order valence-electron chi connectivity index (χ2n) is 5.30. The summed E-state index contributed by atoms with van der Waals surface area (Å²) >= 11 is 0. The number of carbonyl (C=O) groups is 1. The normalized spacial score (nSPS) is 10.7. The maximum atomic E-state index is 12.4. The van der Waals surface area contributed by atoms with Crippen molar-refractivity contribution in [3.63, 3.8) is 0 Å². The minimum absolute atomic E-state index is 0.0295. The summed E-state index contributed by atoms with van der Waals surface area (Å²) in [7, 11) is 1.71. The summed E-state index contributed by atoms with van der Waals surface area (Å²) in [5, 5.41) is 0.514. The third kappa shape index (κ3) is 3.26. The van der Waals surface area contributed by atoms with Crippen LogP contribution >= 0.6 is 0 Å². The number of fused-ring (bicyclic) bond motifs is 1. The number of hydrogen-bond acceptors (Lipinski definition) is 4. The van der Waals surface area contributed by atoms with Gasteiger partial charge in [-0.05, 0) is 29.8 Å². The van der Waals surface area contributed by atoms with Gasteiger partial charge in [0, 0.05) is 26.0 Å². The lowest BCUT2D eigenvalue weighted by molar-refractivity contribution is -0.131. The summed E-state index contributed by atoms with van der Waals surface area (Å²) in [6.07, 6.45) is 4.79. The van der Waals surface area contributed by atoms with Gasteiger partial charge in [0.05, 0.1) is 17.2 Å². The molecule has 0 saturated carbocycles. The van der Waals surface area contributed by atoms with Gasteiger partial charge in [0.25, 0.3) is 5.56 Å². The Morgan fingerprint density at radius 2 is 1.91 bits per heavy atom. The van der Waals surface area contributed by atoms with Crippen LogP contribution in [0.5, 0.6) is 0 Å². The molecule has 0 aliphatic heterocycles. The fourth-order valence-corrected chi connectivity index (χ4v) is 2.34. The molecule has 116 valence electrons. The summed E-state index contributed by atoms with van der Waals surface area (Å²) < 4.78 is 1.34. The highest BCUT2D eigenvalue weighted by Crippen LogP contribution is 2.06. The molecular formula is C17H16N4O2. The van der Waals surface area contributed by atoms with Gasteiger partial charge in [0.15, 0.2) is 0 Å². The Labute approximate surface area is 133 Å². The number of para-hydroxylation sites is 1. The second kappa shape index (κ2) is 6.39. The van der Waals surface area contributed by atoms with Gasteiger partial charge >= 0.3 is 0 Å². The molecule has 0 unspecified atom stereocenters. The quantitative estimate of drug-likeness (QED) is 0.731. The van der Waals surface area contributed by atoms with E-state index >= 15 is 0 Å². The predicted octanol–water partition coefficient (Wildman–Crippen LogP) is 1.45. The summed E-state index contributed by atoms with van der Waals surface area (Å²) in [5.74, 6) is -0.152. The number of likely N-dealkylation sites (N-methyl/N-ethyl adjacent to an activating group) is 1. The molecule has 0 aliphatic rings. The highest BCUT2D eigenvalue weighted by molar-refractivity contribution is 5.78. The van der Waals surface area contributed by atoms with Crippen LogP contribution in [0.4, 0.5) is 0 Å². The van der Waals surface area contributed by atoms with E-state index in [9.17, 15) is 9.59 Å². The van der Waals surface area contributed by atoms with Crippen LogP contribution in [0.1, 0.15) is 5.56 Å². The fraction of sp³-hybridized carbons (Fsp3) is 0.176. The molecule has 2 aromatic heterocycles. The molecule has 0 N–H and O–H groups in total. The summed E-state index contributed by atoms with van der Waals surface area (Å²) in [4.78, 5) is 34.5. The van der Waals surface area contributed by atoms with Crippen LogP contribution in [-0.4, -0.2) is 32.4 Å². The molecule has 6 heteroatoms. The highest BCUT2D eigenvalue weighted by atomic mass is 16.2. The van der Waals surface area contributed by atoms with E-state index in [0.29, 0.717) is 17.4 Å². The van der Waals surface area contributed by atoms with E-state index in [1.807, 2.05) is 18.2 Å². The van der Waals surface area contributed by atoms with E-state index in [1.165, 1.54) is 10.9 Å². The first-order valence-corrected chi connectivity index (χ1v) is 7.22. The van der Waals surface area contributed by atoms with E-state index in [1.54, 1.807) is 42.5 Å². The molecule has 2 heterocycles. The summed E-state index contributed by atoms with van der Waals surface area (Å²) in [6, 6.07) is 10.8. The van der Waals surface area contributed by atoms with Crippen LogP contribution in [0.25, 0.3) is 10.9 Å². The zero-order valence-corrected chi connectivity index (χ0v) is 12.7. The number of nitrogens with zero attached hydrogens (tertiary/aromatic N) is 4. The first kappa shape index (κ1) is 14.9. The van der Waals surface area contributed by atoms with Gasteiger partial charge in [-0.2, -0.15) is 0 Å². The van der Waals surface area contributed by atoms with Crippen LogP contribution in [0, 0.1) is 0 Å². The van der Waals surface area contributed by atoms with Gasteiger partial charge in [0.1, 0.15) is 6.54 Å². The third-order valence-electron chi connectivity index (χ3n) is 3.63. The van der Waals surface area contributed by atoms with E-state index < -0.39 is 0 Å². The Bertz CT molecular complexity index is 890. The fourth-order valence-electron chi connectivity index (χ4n) is 2.34. The molecule has 0 spiro atoms. The Morgan fingerprint density at radius 3 is 2.70 bits per heavy atom. The molecule has 0 aliphatic carbocycles. The number of hydrogen-bond donors (Lipinski definition) is 0. The maximum absolute atomic E-state index is 12.4. The topological polar surface area (TPSA) is 68.1 Å². The van der Waals surface area contributed by atoms with Crippen LogP contribution in [0.15, 0.2) is 59.9 Å². The minimum atomic E-state index is -0.207. The first-order chi connectivity index (χ1) is 11.1. The number of aromatic nitrogens is 3. The zero-order chi connectivity index (χ0) is 16.2. The summed E-state index contributed by atoms with van der Waals surface area (Å²) in [5.41, 5.74) is 1.41. The molecule has 23 heavy (non-hydrogen) atoms. The predicted molar refractivity (Wildman–Crippen MR) is 86.7 cm³/mol. The molecule has 0 fully saturated rings. The van der Waals surface area contributed by atoms with Crippen molar-refractivity contribution in [2.45, 2.75) is 13.1 Å². The van der Waals surface area contributed by atoms with Crippen molar-refractivity contribution < 1.29 is 4.79 Å². The second-order valence-corrected chi connectivity index (χ2v) is 5.30. The van der Waals surface area contributed by atoms with Crippen LogP contribution < -0.4 is 5.56 Å². The van der Waals surface area contributed by atoms with Crippen molar-refractivity contribution in [2.75, 3.05) is 7.05 Å². The maximum Gasteiger partial charge on any atom is 0.261 e. The molecule has 1 amide bonds. The number of pyridine rings is 1. The molecule has 0 bridgehead atoms. The minimum Gasteiger partial charge on any atom is -0.340 e. The first-order valence-electron chi connectivity index (χ1n) is 7.22. The van der Waals surface area contributed by atoms with Gasteiger partial charge in [-0.3, -0.25) is 19.1 Å². The number of amides is 1. The molecule has 1 aromatic carbocycles. The van der Waals surface area contributed by atoms with Gasteiger partial charge in [-0.1, -0.05) is 12.1 Å². The molecule has 0 atom stereocenters. The molecular weight excluding hydrogens is 292 g/mol. The Kier molecular flexibility index (Phi) is 4.14. The SMILES string of the molecule is CN(Cc1ccncc1)C(=O)Cn1cnc2ccccc2c1=O. The number of rotatable bonds is 4. The highest BCUT2D eigenvalue weighted by Gasteiger charge is 2.12. The Morgan fingerprint density at radius 1 is 1.17 bits per heavy atom.